The van der Waals surface area contributed by atoms with Gasteiger partial charge in [-0.05, 0) is 17.2 Å². The van der Waals surface area contributed by atoms with Gasteiger partial charge in [-0.15, -0.1) is 0 Å². The second kappa shape index (κ2) is 7.22. The molecule has 23 heavy (non-hydrogen) atoms. The lowest BCUT2D eigenvalue weighted by Crippen LogP contribution is -2.32. The van der Waals surface area contributed by atoms with Crippen molar-refractivity contribution in [1.82, 2.24) is 15.1 Å². The zero-order valence-electron chi connectivity index (χ0n) is 13.3. The third-order valence-corrected chi connectivity index (χ3v) is 4.13. The maximum atomic E-state index is 6.56. The Labute approximate surface area is 137 Å². The van der Waals surface area contributed by atoms with Gasteiger partial charge in [0, 0.05) is 25.8 Å². The second-order valence-corrected chi connectivity index (χ2v) is 5.65. The maximum absolute atomic E-state index is 6.56. The van der Waals surface area contributed by atoms with Crippen molar-refractivity contribution in [2.24, 2.45) is 12.8 Å². The van der Waals surface area contributed by atoms with Crippen LogP contribution in [0.5, 0.6) is 0 Å². The van der Waals surface area contributed by atoms with Crippen molar-refractivity contribution in [3.05, 3.63) is 89.7 Å². The van der Waals surface area contributed by atoms with E-state index in [0.29, 0.717) is 0 Å². The van der Waals surface area contributed by atoms with Gasteiger partial charge in [-0.3, -0.25) is 4.68 Å². The van der Waals surface area contributed by atoms with E-state index in [1.54, 1.807) is 0 Å². The molecule has 118 valence electrons. The number of hydrogen-bond donors (Lipinski definition) is 2. The molecule has 2 aromatic carbocycles. The number of benzene rings is 2. The van der Waals surface area contributed by atoms with Crippen molar-refractivity contribution < 1.29 is 0 Å². The molecule has 0 aliphatic carbocycles. The minimum absolute atomic E-state index is 0.0356. The fourth-order valence-electron chi connectivity index (χ4n) is 2.77. The first-order valence-electron chi connectivity index (χ1n) is 7.81. The summed E-state index contributed by atoms with van der Waals surface area (Å²) in [4.78, 5) is 0. The summed E-state index contributed by atoms with van der Waals surface area (Å²) in [6, 6.07) is 22.5. The molecule has 0 aliphatic rings. The van der Waals surface area contributed by atoms with Crippen molar-refractivity contribution in [2.75, 3.05) is 0 Å². The lowest BCUT2D eigenvalue weighted by atomic mass is 9.94. The van der Waals surface area contributed by atoms with E-state index in [2.05, 4.69) is 34.7 Å². The monoisotopic (exact) mass is 306 g/mol. The highest BCUT2D eigenvalue weighted by atomic mass is 15.3. The molecular weight excluding hydrogens is 284 g/mol. The Hall–Kier alpha value is -2.43. The SMILES string of the molecule is Cn1nccc1CNC(c1ccccc1)C(N)c1ccccc1. The fourth-order valence-corrected chi connectivity index (χ4v) is 2.77. The maximum Gasteiger partial charge on any atom is 0.0519 e. The van der Waals surface area contributed by atoms with Gasteiger partial charge in [0.25, 0.3) is 0 Å². The molecule has 0 radical (unpaired) electrons. The number of nitrogens with zero attached hydrogens (tertiary/aromatic N) is 2. The molecule has 0 saturated carbocycles. The number of rotatable bonds is 6. The first kappa shape index (κ1) is 15.5. The zero-order chi connectivity index (χ0) is 16.1. The Balaban J connectivity index is 1.83. The van der Waals surface area contributed by atoms with Crippen LogP contribution in [-0.4, -0.2) is 9.78 Å². The largest absolute Gasteiger partial charge is 0.322 e. The van der Waals surface area contributed by atoms with E-state index in [0.717, 1.165) is 17.8 Å². The fraction of sp³-hybridized carbons (Fsp3) is 0.211. The average molecular weight is 306 g/mol. The van der Waals surface area contributed by atoms with Crippen molar-refractivity contribution >= 4 is 0 Å². The van der Waals surface area contributed by atoms with Gasteiger partial charge in [0.05, 0.1) is 11.7 Å². The number of nitrogens with two attached hydrogens (primary N) is 1. The average Bonchev–Trinajstić information content (AvgIpc) is 3.02. The molecule has 0 saturated heterocycles. The van der Waals surface area contributed by atoms with E-state index in [1.165, 1.54) is 5.56 Å². The van der Waals surface area contributed by atoms with Gasteiger partial charge < -0.3 is 11.1 Å². The van der Waals surface area contributed by atoms with E-state index in [4.69, 9.17) is 5.73 Å². The molecule has 2 unspecified atom stereocenters. The van der Waals surface area contributed by atoms with Crippen molar-refractivity contribution in [3.8, 4) is 0 Å². The van der Waals surface area contributed by atoms with Gasteiger partial charge >= 0.3 is 0 Å². The van der Waals surface area contributed by atoms with Crippen LogP contribution in [0, 0.1) is 0 Å². The molecular formula is C19H22N4. The summed E-state index contributed by atoms with van der Waals surface area (Å²) < 4.78 is 1.88. The molecule has 4 nitrogen and oxygen atoms in total. The van der Waals surface area contributed by atoms with Crippen LogP contribution in [0.25, 0.3) is 0 Å². The molecule has 0 fully saturated rings. The van der Waals surface area contributed by atoms with Crippen LogP contribution in [0.4, 0.5) is 0 Å². The van der Waals surface area contributed by atoms with Gasteiger partial charge in [-0.25, -0.2) is 0 Å². The molecule has 0 bridgehead atoms. The van der Waals surface area contributed by atoms with Gasteiger partial charge in [0.15, 0.2) is 0 Å². The quantitative estimate of drug-likeness (QED) is 0.736. The summed E-state index contributed by atoms with van der Waals surface area (Å²) in [6.45, 7) is 0.719. The summed E-state index contributed by atoms with van der Waals surface area (Å²) in [6.07, 6.45) is 1.81. The molecule has 2 atom stereocenters. The van der Waals surface area contributed by atoms with Crippen LogP contribution in [0.2, 0.25) is 0 Å². The van der Waals surface area contributed by atoms with Crippen LogP contribution < -0.4 is 11.1 Å². The summed E-state index contributed by atoms with van der Waals surface area (Å²) in [7, 11) is 1.95. The Bertz CT molecular complexity index is 721. The minimum Gasteiger partial charge on any atom is -0.322 e. The third kappa shape index (κ3) is 3.67. The third-order valence-electron chi connectivity index (χ3n) is 4.13. The summed E-state index contributed by atoms with van der Waals surface area (Å²) in [5.41, 5.74) is 10.0. The standard InChI is InChI=1S/C19H22N4/c1-23-17(12-13-22-23)14-21-19(16-10-6-3-7-11-16)18(20)15-8-4-2-5-9-15/h2-13,18-19,21H,14,20H2,1H3. The summed E-state index contributed by atoms with van der Waals surface area (Å²) in [5, 5.41) is 7.81. The summed E-state index contributed by atoms with van der Waals surface area (Å²) >= 11 is 0. The van der Waals surface area contributed by atoms with E-state index in [-0.39, 0.29) is 12.1 Å². The van der Waals surface area contributed by atoms with Crippen molar-refractivity contribution in [2.45, 2.75) is 18.6 Å². The smallest absolute Gasteiger partial charge is 0.0519 e. The second-order valence-electron chi connectivity index (χ2n) is 5.65. The predicted molar refractivity (Wildman–Crippen MR) is 92.6 cm³/mol. The molecule has 4 heteroatoms. The number of nitrogens with one attached hydrogen (secondary N) is 1. The molecule has 3 N–H and O–H groups in total. The highest BCUT2D eigenvalue weighted by Crippen LogP contribution is 2.27. The van der Waals surface area contributed by atoms with Crippen molar-refractivity contribution in [3.63, 3.8) is 0 Å². The van der Waals surface area contributed by atoms with E-state index >= 15 is 0 Å². The van der Waals surface area contributed by atoms with Gasteiger partial charge in [0.1, 0.15) is 0 Å². The molecule has 1 heterocycles. The highest BCUT2D eigenvalue weighted by molar-refractivity contribution is 5.27. The van der Waals surface area contributed by atoms with E-state index < -0.39 is 0 Å². The molecule has 3 rings (SSSR count). The number of aromatic nitrogens is 2. The Kier molecular flexibility index (Phi) is 4.86. The normalized spacial score (nSPS) is 13.7. The van der Waals surface area contributed by atoms with Crippen LogP contribution >= 0.6 is 0 Å². The molecule has 0 amide bonds. The lowest BCUT2D eigenvalue weighted by molar-refractivity contribution is 0.443. The van der Waals surface area contributed by atoms with Crippen LogP contribution in [0.3, 0.4) is 0 Å². The first-order chi connectivity index (χ1) is 11.3. The topological polar surface area (TPSA) is 55.9 Å². The van der Waals surface area contributed by atoms with Gasteiger partial charge in [0.2, 0.25) is 0 Å². The molecule has 0 spiro atoms. The highest BCUT2D eigenvalue weighted by Gasteiger charge is 2.21. The Morgan fingerprint density at radius 1 is 0.957 bits per heavy atom. The van der Waals surface area contributed by atoms with Crippen LogP contribution in [0.15, 0.2) is 72.9 Å². The lowest BCUT2D eigenvalue weighted by Gasteiger charge is -2.26. The van der Waals surface area contributed by atoms with Crippen molar-refractivity contribution in [1.29, 1.82) is 0 Å². The van der Waals surface area contributed by atoms with Gasteiger partial charge in [-0.2, -0.15) is 5.10 Å². The first-order valence-corrected chi connectivity index (χ1v) is 7.81. The van der Waals surface area contributed by atoms with E-state index in [1.807, 2.05) is 60.4 Å². The number of aryl methyl sites for hydroxylation is 1. The minimum atomic E-state index is -0.119. The van der Waals surface area contributed by atoms with Gasteiger partial charge in [-0.1, -0.05) is 60.7 Å². The predicted octanol–water partition coefficient (Wildman–Crippen LogP) is 2.95. The molecule has 3 aromatic rings. The summed E-state index contributed by atoms with van der Waals surface area (Å²) in [5.74, 6) is 0. The van der Waals surface area contributed by atoms with Crippen LogP contribution in [0.1, 0.15) is 28.9 Å². The number of hydrogen-bond acceptors (Lipinski definition) is 3. The Morgan fingerprint density at radius 3 is 2.13 bits per heavy atom. The molecule has 0 aliphatic heterocycles. The Morgan fingerprint density at radius 2 is 1.57 bits per heavy atom. The molecule has 1 aromatic heterocycles. The van der Waals surface area contributed by atoms with Crippen LogP contribution in [-0.2, 0) is 13.6 Å². The zero-order valence-corrected chi connectivity index (χ0v) is 13.3. The van der Waals surface area contributed by atoms with E-state index in [9.17, 15) is 0 Å².